The molecule has 0 aromatic rings. The fraction of sp³-hybridized carbons (Fsp3) is 0.867. The van der Waals surface area contributed by atoms with E-state index >= 15 is 0 Å². The van der Waals surface area contributed by atoms with Gasteiger partial charge in [-0.15, -0.1) is 0 Å². The standard InChI is InChI=1S/C45H74N2O3/c1-12-30-15-17-31(18-16-30)32-21-24-42(7)35(41(32,5)6)23-25-44(9)36(42)20-19-33-38-34(46-39(49)50-40(2,3)4)22-26-45(38,28-27-43(33,44)8)37(48)14-13-29-47(10)11/h17,21,30,33-36,38H,12-16,18-20,22-29H2,1-11H3,(H,46,49)/t30?,33-,34-,35+,36-,38+,42+,43-,44-,45-/m1/s1. The molecule has 1 N–H and O–H groups in total. The van der Waals surface area contributed by atoms with Gasteiger partial charge in [-0.2, -0.15) is 0 Å². The van der Waals surface area contributed by atoms with Crippen molar-refractivity contribution in [3.63, 3.8) is 0 Å². The molecule has 6 aliphatic rings. The van der Waals surface area contributed by atoms with Gasteiger partial charge in [0.1, 0.15) is 11.4 Å². The molecule has 5 nitrogen and oxygen atoms in total. The molecule has 6 rings (SSSR count). The third-order valence-corrected chi connectivity index (χ3v) is 16.7. The van der Waals surface area contributed by atoms with Crippen molar-refractivity contribution in [1.29, 1.82) is 0 Å². The number of carbonyl (C=O) groups is 2. The molecular formula is C45H74N2O3. The average molecular weight is 691 g/mol. The number of ketones is 1. The maximum absolute atomic E-state index is 14.5. The molecule has 282 valence electrons. The van der Waals surface area contributed by atoms with Gasteiger partial charge in [-0.25, -0.2) is 4.79 Å². The number of alkyl carbamates (subject to hydrolysis) is 1. The molecule has 5 heteroatoms. The number of hydrogen-bond donors (Lipinski definition) is 1. The Morgan fingerprint density at radius 3 is 2.28 bits per heavy atom. The number of Topliss-reactive ketones (excluding diaryl/α,β-unsaturated/α-hetero) is 1. The molecule has 1 amide bonds. The first kappa shape index (κ1) is 38.1. The van der Waals surface area contributed by atoms with Crippen LogP contribution in [0.15, 0.2) is 23.3 Å². The van der Waals surface area contributed by atoms with Crippen LogP contribution in [-0.4, -0.2) is 49.1 Å². The van der Waals surface area contributed by atoms with E-state index in [1.807, 2.05) is 20.8 Å². The molecular weight excluding hydrogens is 617 g/mol. The van der Waals surface area contributed by atoms with Gasteiger partial charge in [0, 0.05) is 17.9 Å². The summed E-state index contributed by atoms with van der Waals surface area (Å²) in [7, 11) is 4.20. The zero-order valence-electron chi connectivity index (χ0n) is 34.1. The number of fused-ring (bicyclic) bond motifs is 7. The van der Waals surface area contributed by atoms with Gasteiger partial charge in [0.25, 0.3) is 0 Å². The summed E-state index contributed by atoms with van der Waals surface area (Å²) >= 11 is 0. The first-order chi connectivity index (χ1) is 23.3. The third-order valence-electron chi connectivity index (χ3n) is 16.7. The Labute approximate surface area is 306 Å². The molecule has 0 radical (unpaired) electrons. The topological polar surface area (TPSA) is 58.6 Å². The van der Waals surface area contributed by atoms with Crippen LogP contribution in [0.1, 0.15) is 159 Å². The molecule has 0 heterocycles. The lowest BCUT2D eigenvalue weighted by molar-refractivity contribution is -0.225. The van der Waals surface area contributed by atoms with Crippen molar-refractivity contribution in [3.8, 4) is 0 Å². The fourth-order valence-electron chi connectivity index (χ4n) is 14.2. The van der Waals surface area contributed by atoms with Crippen molar-refractivity contribution in [2.24, 2.45) is 56.7 Å². The normalized spacial score (nSPS) is 42.3. The van der Waals surface area contributed by atoms with Crippen LogP contribution < -0.4 is 5.32 Å². The van der Waals surface area contributed by atoms with E-state index in [0.717, 1.165) is 44.6 Å². The van der Waals surface area contributed by atoms with Gasteiger partial charge in [-0.05, 0) is 187 Å². The van der Waals surface area contributed by atoms with Crippen LogP contribution in [0.3, 0.4) is 0 Å². The van der Waals surface area contributed by atoms with Gasteiger partial charge in [0.2, 0.25) is 0 Å². The lowest BCUT2D eigenvalue weighted by atomic mass is 9.32. The maximum atomic E-state index is 14.5. The first-order valence-corrected chi connectivity index (χ1v) is 20.9. The van der Waals surface area contributed by atoms with E-state index < -0.39 is 5.60 Å². The highest BCUT2D eigenvalue weighted by molar-refractivity contribution is 5.86. The lowest BCUT2D eigenvalue weighted by Crippen LogP contribution is -2.66. The van der Waals surface area contributed by atoms with Crippen molar-refractivity contribution >= 4 is 11.9 Å². The van der Waals surface area contributed by atoms with Crippen molar-refractivity contribution in [3.05, 3.63) is 23.3 Å². The molecule has 4 fully saturated rings. The van der Waals surface area contributed by atoms with E-state index in [-0.39, 0.29) is 45.1 Å². The van der Waals surface area contributed by atoms with E-state index in [9.17, 15) is 9.59 Å². The van der Waals surface area contributed by atoms with Crippen molar-refractivity contribution < 1.29 is 14.3 Å². The minimum absolute atomic E-state index is 0.00507. The highest BCUT2D eigenvalue weighted by Crippen LogP contribution is 2.77. The van der Waals surface area contributed by atoms with Crippen molar-refractivity contribution in [2.75, 3.05) is 20.6 Å². The number of ether oxygens (including phenoxy) is 1. The van der Waals surface area contributed by atoms with Gasteiger partial charge in [0.05, 0.1) is 0 Å². The maximum Gasteiger partial charge on any atom is 0.407 e. The molecule has 1 unspecified atom stereocenters. The number of rotatable bonds is 8. The zero-order valence-corrected chi connectivity index (χ0v) is 34.1. The zero-order chi connectivity index (χ0) is 36.5. The number of hydrogen-bond acceptors (Lipinski definition) is 4. The van der Waals surface area contributed by atoms with Gasteiger partial charge in [-0.1, -0.05) is 60.1 Å². The van der Waals surface area contributed by atoms with Crippen LogP contribution in [0.2, 0.25) is 0 Å². The van der Waals surface area contributed by atoms with E-state index in [1.165, 1.54) is 57.8 Å². The Hall–Kier alpha value is -1.62. The van der Waals surface area contributed by atoms with Crippen molar-refractivity contribution in [2.45, 2.75) is 170 Å². The molecule has 0 bridgehead atoms. The minimum atomic E-state index is -0.546. The Balaban J connectivity index is 1.31. The summed E-state index contributed by atoms with van der Waals surface area (Å²) < 4.78 is 5.84. The molecule has 6 aliphatic carbocycles. The van der Waals surface area contributed by atoms with Gasteiger partial charge >= 0.3 is 6.09 Å². The summed E-state index contributed by atoms with van der Waals surface area (Å²) in [6, 6.07) is -0.00507. The average Bonchev–Trinajstić information content (AvgIpc) is 3.39. The van der Waals surface area contributed by atoms with Crippen LogP contribution in [-0.2, 0) is 9.53 Å². The molecule has 0 aromatic heterocycles. The first-order valence-electron chi connectivity index (χ1n) is 20.9. The van der Waals surface area contributed by atoms with E-state index in [0.29, 0.717) is 30.0 Å². The largest absolute Gasteiger partial charge is 0.444 e. The molecule has 10 atom stereocenters. The number of nitrogens with one attached hydrogen (secondary N) is 1. The highest BCUT2D eigenvalue weighted by atomic mass is 16.6. The third kappa shape index (κ3) is 6.17. The van der Waals surface area contributed by atoms with Gasteiger partial charge < -0.3 is 15.0 Å². The predicted molar refractivity (Wildman–Crippen MR) is 206 cm³/mol. The molecule has 50 heavy (non-hydrogen) atoms. The summed E-state index contributed by atoms with van der Waals surface area (Å²) in [5.41, 5.74) is 3.27. The summed E-state index contributed by atoms with van der Waals surface area (Å²) in [5, 5.41) is 3.39. The quantitative estimate of drug-likeness (QED) is 0.275. The second kappa shape index (κ2) is 13.3. The van der Waals surface area contributed by atoms with E-state index in [2.05, 4.69) is 78.0 Å². The Morgan fingerprint density at radius 2 is 1.64 bits per heavy atom. The van der Waals surface area contributed by atoms with Crippen LogP contribution in [0, 0.1) is 56.7 Å². The number of carbonyl (C=O) groups excluding carboxylic acids is 2. The van der Waals surface area contributed by atoms with Crippen LogP contribution in [0.4, 0.5) is 4.79 Å². The number of amides is 1. The second-order valence-corrected chi connectivity index (χ2v) is 20.8. The van der Waals surface area contributed by atoms with Gasteiger partial charge in [-0.3, -0.25) is 4.79 Å². The molecule has 0 spiro atoms. The Bertz CT molecular complexity index is 1370. The van der Waals surface area contributed by atoms with Crippen molar-refractivity contribution in [1.82, 2.24) is 10.2 Å². The minimum Gasteiger partial charge on any atom is -0.444 e. The van der Waals surface area contributed by atoms with Crippen LogP contribution in [0.5, 0.6) is 0 Å². The molecule has 0 aromatic carbocycles. The van der Waals surface area contributed by atoms with Gasteiger partial charge in [0.15, 0.2) is 0 Å². The summed E-state index contributed by atoms with van der Waals surface area (Å²) in [4.78, 5) is 30.1. The fourth-order valence-corrected chi connectivity index (χ4v) is 14.2. The number of allylic oxidation sites excluding steroid dienone is 4. The van der Waals surface area contributed by atoms with E-state index in [1.54, 1.807) is 11.1 Å². The number of nitrogens with zero attached hydrogens (tertiary/aromatic N) is 1. The Kier molecular flexibility index (Phi) is 10.2. The summed E-state index contributed by atoms with van der Waals surface area (Å²) in [5.74, 6) is 3.30. The second-order valence-electron chi connectivity index (χ2n) is 20.8. The molecule has 0 aliphatic heterocycles. The molecule has 0 saturated heterocycles. The highest BCUT2D eigenvalue weighted by Gasteiger charge is 2.71. The summed E-state index contributed by atoms with van der Waals surface area (Å²) in [6.45, 7) is 22.3. The molecule has 4 saturated carbocycles. The Morgan fingerprint density at radius 1 is 0.900 bits per heavy atom. The predicted octanol–water partition coefficient (Wildman–Crippen LogP) is 10.9. The SMILES string of the molecule is CCC1CC=C(C2=CC[C@]3(C)[C@H]4CC[C@@H]5[C@H]6[C@H](NC(=O)OC(C)(C)C)CC[C@]6(C(=O)CCCN(C)C)CC[C@@]5(C)[C@]4(C)CC[C@H]3C2(C)C)CC1. The summed E-state index contributed by atoms with van der Waals surface area (Å²) in [6.07, 6.45) is 21.8. The van der Waals surface area contributed by atoms with Crippen LogP contribution in [0.25, 0.3) is 0 Å². The smallest absolute Gasteiger partial charge is 0.407 e. The van der Waals surface area contributed by atoms with Crippen LogP contribution >= 0.6 is 0 Å². The van der Waals surface area contributed by atoms with E-state index in [4.69, 9.17) is 4.74 Å². The lowest BCUT2D eigenvalue weighted by Gasteiger charge is -2.72. The monoisotopic (exact) mass is 691 g/mol.